The average molecular weight is 272 g/mol. The molecule has 0 saturated heterocycles. The standard InChI is InChI=1S/C15H20N4O/c16-19-18-11-4-3-10-17-15(20)14-9-5-7-12-6-1-2-8-13(12)14/h1-2,6,8,14H,3-5,7,9-11H2,(H,17,20). The number of carbonyl (C=O) groups is 1. The van der Waals surface area contributed by atoms with Crippen LogP contribution in [0.25, 0.3) is 10.4 Å². The van der Waals surface area contributed by atoms with Gasteiger partial charge < -0.3 is 5.32 Å². The highest BCUT2D eigenvalue weighted by Gasteiger charge is 2.25. The van der Waals surface area contributed by atoms with Crippen LogP contribution in [0.5, 0.6) is 0 Å². The number of aryl methyl sites for hydroxylation is 1. The van der Waals surface area contributed by atoms with E-state index >= 15 is 0 Å². The predicted molar refractivity (Wildman–Crippen MR) is 78.4 cm³/mol. The van der Waals surface area contributed by atoms with Crippen molar-refractivity contribution in [3.63, 3.8) is 0 Å². The Labute approximate surface area is 119 Å². The fraction of sp³-hybridized carbons (Fsp3) is 0.533. The summed E-state index contributed by atoms with van der Waals surface area (Å²) >= 11 is 0. The number of nitrogens with zero attached hydrogens (tertiary/aromatic N) is 3. The maximum absolute atomic E-state index is 12.3. The third kappa shape index (κ3) is 3.75. The summed E-state index contributed by atoms with van der Waals surface area (Å²) < 4.78 is 0. The molecular weight excluding hydrogens is 252 g/mol. The molecule has 2 rings (SSSR count). The van der Waals surface area contributed by atoms with Crippen LogP contribution >= 0.6 is 0 Å². The van der Waals surface area contributed by atoms with E-state index < -0.39 is 0 Å². The lowest BCUT2D eigenvalue weighted by Crippen LogP contribution is -2.32. The highest BCUT2D eigenvalue weighted by atomic mass is 16.1. The largest absolute Gasteiger partial charge is 0.356 e. The maximum atomic E-state index is 12.3. The molecule has 0 saturated carbocycles. The zero-order chi connectivity index (χ0) is 14.2. The van der Waals surface area contributed by atoms with Gasteiger partial charge >= 0.3 is 0 Å². The maximum Gasteiger partial charge on any atom is 0.227 e. The van der Waals surface area contributed by atoms with Gasteiger partial charge in [0.05, 0.1) is 5.92 Å². The van der Waals surface area contributed by atoms with Gasteiger partial charge in [-0.2, -0.15) is 0 Å². The minimum atomic E-state index is -0.00270. The van der Waals surface area contributed by atoms with E-state index in [9.17, 15) is 4.79 Å². The van der Waals surface area contributed by atoms with E-state index in [1.165, 1.54) is 11.1 Å². The van der Waals surface area contributed by atoms with Crippen molar-refractivity contribution in [2.75, 3.05) is 13.1 Å². The smallest absolute Gasteiger partial charge is 0.227 e. The van der Waals surface area contributed by atoms with Crippen molar-refractivity contribution in [3.05, 3.63) is 45.8 Å². The van der Waals surface area contributed by atoms with E-state index in [1.54, 1.807) is 0 Å². The lowest BCUT2D eigenvalue weighted by Gasteiger charge is -2.24. The fourth-order valence-corrected chi connectivity index (χ4v) is 2.71. The molecule has 0 heterocycles. The summed E-state index contributed by atoms with van der Waals surface area (Å²) in [4.78, 5) is 15.0. The van der Waals surface area contributed by atoms with Crippen LogP contribution in [-0.2, 0) is 11.2 Å². The fourth-order valence-electron chi connectivity index (χ4n) is 2.71. The number of benzene rings is 1. The van der Waals surface area contributed by atoms with Crippen LogP contribution in [0.2, 0.25) is 0 Å². The molecule has 1 aliphatic rings. The lowest BCUT2D eigenvalue weighted by molar-refractivity contribution is -0.122. The van der Waals surface area contributed by atoms with Gasteiger partial charge in [-0.1, -0.05) is 29.4 Å². The number of fused-ring (bicyclic) bond motifs is 1. The van der Waals surface area contributed by atoms with Gasteiger partial charge in [0.15, 0.2) is 0 Å². The van der Waals surface area contributed by atoms with Crippen molar-refractivity contribution >= 4 is 5.91 Å². The van der Waals surface area contributed by atoms with E-state index in [0.717, 1.165) is 32.1 Å². The van der Waals surface area contributed by atoms with E-state index in [2.05, 4.69) is 27.5 Å². The molecule has 0 fully saturated rings. The van der Waals surface area contributed by atoms with Crippen LogP contribution in [-0.4, -0.2) is 19.0 Å². The zero-order valence-electron chi connectivity index (χ0n) is 11.6. The van der Waals surface area contributed by atoms with Gasteiger partial charge in [0.1, 0.15) is 0 Å². The molecule has 1 aromatic rings. The SMILES string of the molecule is [N-]=[N+]=NCCCCNC(=O)C1CCCc2ccccc21. The van der Waals surface area contributed by atoms with Gasteiger partial charge in [0.2, 0.25) is 5.91 Å². The summed E-state index contributed by atoms with van der Waals surface area (Å²) in [6, 6.07) is 8.23. The van der Waals surface area contributed by atoms with Crippen LogP contribution < -0.4 is 5.32 Å². The highest BCUT2D eigenvalue weighted by Crippen LogP contribution is 2.31. The summed E-state index contributed by atoms with van der Waals surface area (Å²) in [7, 11) is 0. The van der Waals surface area contributed by atoms with Gasteiger partial charge in [-0.3, -0.25) is 4.79 Å². The second-order valence-electron chi connectivity index (χ2n) is 5.10. The van der Waals surface area contributed by atoms with Crippen molar-refractivity contribution in [1.29, 1.82) is 0 Å². The van der Waals surface area contributed by atoms with Crippen molar-refractivity contribution in [3.8, 4) is 0 Å². The first-order valence-corrected chi connectivity index (χ1v) is 7.19. The Kier molecular flexibility index (Phi) is 5.44. The molecule has 0 aliphatic heterocycles. The summed E-state index contributed by atoms with van der Waals surface area (Å²) in [5, 5.41) is 6.47. The number of hydrogen-bond acceptors (Lipinski definition) is 2. The van der Waals surface area contributed by atoms with Crippen LogP contribution in [0.4, 0.5) is 0 Å². The Bertz CT molecular complexity index is 508. The first kappa shape index (κ1) is 14.4. The molecule has 0 bridgehead atoms. The van der Waals surface area contributed by atoms with Crippen molar-refractivity contribution in [1.82, 2.24) is 5.32 Å². The first-order chi connectivity index (χ1) is 9.83. The van der Waals surface area contributed by atoms with Crippen LogP contribution in [0.3, 0.4) is 0 Å². The Morgan fingerprint density at radius 1 is 1.40 bits per heavy atom. The van der Waals surface area contributed by atoms with Gasteiger partial charge in [-0.25, -0.2) is 0 Å². The number of azide groups is 1. The Morgan fingerprint density at radius 3 is 3.10 bits per heavy atom. The molecule has 1 N–H and O–H groups in total. The Morgan fingerprint density at radius 2 is 2.25 bits per heavy atom. The van der Waals surface area contributed by atoms with Gasteiger partial charge in [-0.15, -0.1) is 0 Å². The second kappa shape index (κ2) is 7.56. The molecule has 1 amide bonds. The van der Waals surface area contributed by atoms with Gasteiger partial charge in [-0.05, 0) is 48.8 Å². The highest BCUT2D eigenvalue weighted by molar-refractivity contribution is 5.84. The normalized spacial score (nSPS) is 16.9. The molecule has 20 heavy (non-hydrogen) atoms. The van der Waals surface area contributed by atoms with Crippen molar-refractivity contribution < 1.29 is 4.79 Å². The molecule has 106 valence electrons. The Hall–Kier alpha value is -2.00. The van der Waals surface area contributed by atoms with E-state index in [-0.39, 0.29) is 11.8 Å². The van der Waals surface area contributed by atoms with E-state index in [1.807, 2.05) is 12.1 Å². The number of hydrogen-bond donors (Lipinski definition) is 1. The third-order valence-electron chi connectivity index (χ3n) is 3.73. The lowest BCUT2D eigenvalue weighted by atomic mass is 9.82. The second-order valence-corrected chi connectivity index (χ2v) is 5.10. The Balaban J connectivity index is 1.83. The summed E-state index contributed by atoms with van der Waals surface area (Å²) in [6.45, 7) is 1.15. The monoisotopic (exact) mass is 272 g/mol. The van der Waals surface area contributed by atoms with Crippen molar-refractivity contribution in [2.45, 2.75) is 38.0 Å². The minimum absolute atomic E-state index is 0.00270. The number of amides is 1. The molecule has 0 radical (unpaired) electrons. The topological polar surface area (TPSA) is 77.9 Å². The quantitative estimate of drug-likeness (QED) is 0.366. The average Bonchev–Trinajstić information content (AvgIpc) is 2.50. The molecule has 5 heteroatoms. The molecule has 1 aliphatic carbocycles. The zero-order valence-corrected chi connectivity index (χ0v) is 11.6. The third-order valence-corrected chi connectivity index (χ3v) is 3.73. The summed E-state index contributed by atoms with van der Waals surface area (Å²) in [5.41, 5.74) is 10.7. The summed E-state index contributed by atoms with van der Waals surface area (Å²) in [5.74, 6) is 0.123. The number of carbonyl (C=O) groups excluding carboxylic acids is 1. The molecule has 0 spiro atoms. The van der Waals surface area contributed by atoms with Gasteiger partial charge in [0.25, 0.3) is 0 Å². The minimum Gasteiger partial charge on any atom is -0.356 e. The number of unbranched alkanes of at least 4 members (excludes halogenated alkanes) is 1. The van der Waals surface area contributed by atoms with Gasteiger partial charge in [0, 0.05) is 18.0 Å². The molecule has 1 atom stereocenters. The molecule has 5 nitrogen and oxygen atoms in total. The van der Waals surface area contributed by atoms with E-state index in [4.69, 9.17) is 5.53 Å². The molecule has 1 unspecified atom stereocenters. The first-order valence-electron chi connectivity index (χ1n) is 7.19. The van der Waals surface area contributed by atoms with Crippen LogP contribution in [0.15, 0.2) is 29.4 Å². The van der Waals surface area contributed by atoms with Crippen LogP contribution in [0.1, 0.15) is 42.7 Å². The predicted octanol–water partition coefficient (Wildman–Crippen LogP) is 3.31. The van der Waals surface area contributed by atoms with Crippen LogP contribution in [0, 0.1) is 0 Å². The molecule has 1 aromatic carbocycles. The molecular formula is C15H20N4O. The number of rotatable bonds is 6. The summed E-state index contributed by atoms with van der Waals surface area (Å²) in [6.07, 6.45) is 4.74. The van der Waals surface area contributed by atoms with Crippen molar-refractivity contribution in [2.24, 2.45) is 5.11 Å². The molecule has 0 aromatic heterocycles. The van der Waals surface area contributed by atoms with E-state index in [0.29, 0.717) is 13.1 Å². The number of nitrogens with one attached hydrogen (secondary N) is 1.